The van der Waals surface area contributed by atoms with Crippen LogP contribution in [0.25, 0.3) is 43.8 Å². The van der Waals surface area contributed by atoms with E-state index >= 15 is 0 Å². The van der Waals surface area contributed by atoms with Gasteiger partial charge >= 0.3 is 7.48 Å². The van der Waals surface area contributed by atoms with Gasteiger partial charge in [-0.1, -0.05) is 72.2 Å². The van der Waals surface area contributed by atoms with E-state index in [1.165, 1.54) is 0 Å². The standard InChI is InChI=1S/C28H26BO3/c1-27(2,30)28(3,4)32-29-20-15-13-18(14-16-20)23-17-19-9-5-6-10-21(19)26-25(23)22-11-7-8-12-24(22)31-26/h5-17,30H,1-4H3. The van der Waals surface area contributed by atoms with Crippen LogP contribution < -0.4 is 5.46 Å². The van der Waals surface area contributed by atoms with Crippen molar-refractivity contribution in [3.8, 4) is 11.1 Å². The molecule has 1 aromatic heterocycles. The molecule has 0 atom stereocenters. The summed E-state index contributed by atoms with van der Waals surface area (Å²) >= 11 is 0. The first kappa shape index (κ1) is 20.8. The van der Waals surface area contributed by atoms with E-state index in [0.29, 0.717) is 0 Å². The summed E-state index contributed by atoms with van der Waals surface area (Å²) in [6.45, 7) is 7.27. The molecular weight excluding hydrogens is 395 g/mol. The Balaban J connectivity index is 1.58. The fourth-order valence-corrected chi connectivity index (χ4v) is 3.89. The highest BCUT2D eigenvalue weighted by atomic mass is 16.5. The molecule has 4 aromatic carbocycles. The zero-order valence-electron chi connectivity index (χ0n) is 18.8. The molecule has 0 saturated carbocycles. The fourth-order valence-electron chi connectivity index (χ4n) is 3.89. The van der Waals surface area contributed by atoms with E-state index in [2.05, 4.69) is 54.6 Å². The van der Waals surface area contributed by atoms with Gasteiger partial charge in [-0.25, -0.2) is 0 Å². The molecule has 0 amide bonds. The summed E-state index contributed by atoms with van der Waals surface area (Å²) in [5, 5.41) is 14.8. The molecular formula is C28H26BO3. The molecule has 0 aliphatic heterocycles. The Hall–Kier alpha value is -3.08. The first-order valence-electron chi connectivity index (χ1n) is 10.9. The molecule has 32 heavy (non-hydrogen) atoms. The van der Waals surface area contributed by atoms with Crippen LogP contribution in [0.3, 0.4) is 0 Å². The van der Waals surface area contributed by atoms with E-state index < -0.39 is 11.2 Å². The van der Waals surface area contributed by atoms with Crippen LogP contribution in [0.15, 0.2) is 83.3 Å². The lowest BCUT2D eigenvalue weighted by Crippen LogP contribution is -2.49. The molecule has 0 fully saturated rings. The monoisotopic (exact) mass is 421 g/mol. The van der Waals surface area contributed by atoms with Crippen molar-refractivity contribution in [2.45, 2.75) is 38.9 Å². The smallest absolute Gasteiger partial charge is 0.330 e. The molecule has 1 heterocycles. The lowest BCUT2D eigenvalue weighted by Gasteiger charge is -2.37. The molecule has 0 aliphatic rings. The molecule has 0 spiro atoms. The molecule has 5 aromatic rings. The van der Waals surface area contributed by atoms with Crippen molar-refractivity contribution in [3.63, 3.8) is 0 Å². The van der Waals surface area contributed by atoms with Gasteiger partial charge in [0, 0.05) is 16.2 Å². The average Bonchev–Trinajstić information content (AvgIpc) is 3.17. The molecule has 0 unspecified atom stereocenters. The quantitative estimate of drug-likeness (QED) is 0.343. The number of furan rings is 1. The Kier molecular flexibility index (Phi) is 4.88. The van der Waals surface area contributed by atoms with Gasteiger partial charge < -0.3 is 14.2 Å². The maximum atomic E-state index is 10.3. The molecule has 0 bridgehead atoms. The van der Waals surface area contributed by atoms with Crippen LogP contribution in [0.2, 0.25) is 0 Å². The minimum Gasteiger partial charge on any atom is -0.455 e. The Morgan fingerprint density at radius 2 is 1.47 bits per heavy atom. The van der Waals surface area contributed by atoms with Crippen molar-refractivity contribution < 1.29 is 14.2 Å². The summed E-state index contributed by atoms with van der Waals surface area (Å²) in [7, 11) is 1.71. The maximum absolute atomic E-state index is 10.3. The Labute approximate surface area is 188 Å². The Morgan fingerprint density at radius 3 is 2.19 bits per heavy atom. The molecule has 1 N–H and O–H groups in total. The van der Waals surface area contributed by atoms with Crippen molar-refractivity contribution in [2.24, 2.45) is 0 Å². The minimum atomic E-state index is -0.956. The predicted molar refractivity (Wildman–Crippen MR) is 134 cm³/mol. The second-order valence-electron chi connectivity index (χ2n) is 9.37. The molecule has 1 radical (unpaired) electrons. The number of hydrogen-bond donors (Lipinski definition) is 1. The second kappa shape index (κ2) is 7.51. The Morgan fingerprint density at radius 1 is 0.812 bits per heavy atom. The highest BCUT2D eigenvalue weighted by Crippen LogP contribution is 2.40. The minimum absolute atomic E-state index is 0.702. The van der Waals surface area contributed by atoms with Gasteiger partial charge in [-0.15, -0.1) is 0 Å². The van der Waals surface area contributed by atoms with Gasteiger partial charge in [0.25, 0.3) is 0 Å². The van der Waals surface area contributed by atoms with Crippen LogP contribution in [-0.2, 0) is 4.65 Å². The third-order valence-electron chi connectivity index (χ3n) is 6.55. The second-order valence-corrected chi connectivity index (χ2v) is 9.37. The van der Waals surface area contributed by atoms with Crippen LogP contribution in [0.5, 0.6) is 0 Å². The summed E-state index contributed by atoms with van der Waals surface area (Å²) in [6.07, 6.45) is 0. The van der Waals surface area contributed by atoms with Crippen molar-refractivity contribution >= 4 is 45.7 Å². The van der Waals surface area contributed by atoms with Gasteiger partial charge in [0.05, 0.1) is 11.2 Å². The fraction of sp³-hybridized carbons (Fsp3) is 0.214. The number of aliphatic hydroxyl groups is 1. The maximum Gasteiger partial charge on any atom is 0.330 e. The number of fused-ring (bicyclic) bond motifs is 5. The van der Waals surface area contributed by atoms with Crippen molar-refractivity contribution in [3.05, 3.63) is 78.9 Å². The number of para-hydroxylation sites is 1. The average molecular weight is 421 g/mol. The van der Waals surface area contributed by atoms with Crippen molar-refractivity contribution in [2.75, 3.05) is 0 Å². The van der Waals surface area contributed by atoms with Crippen LogP contribution in [-0.4, -0.2) is 23.8 Å². The normalized spacial score (nSPS) is 12.7. The van der Waals surface area contributed by atoms with Gasteiger partial charge in [-0.2, -0.15) is 0 Å². The summed E-state index contributed by atoms with van der Waals surface area (Å²) in [4.78, 5) is 0. The first-order valence-corrected chi connectivity index (χ1v) is 10.9. The van der Waals surface area contributed by atoms with E-state index in [-0.39, 0.29) is 0 Å². The van der Waals surface area contributed by atoms with E-state index in [4.69, 9.17) is 9.07 Å². The molecule has 5 rings (SSSR count). The highest BCUT2D eigenvalue weighted by molar-refractivity contribution is 6.47. The van der Waals surface area contributed by atoms with E-state index in [0.717, 1.165) is 49.3 Å². The van der Waals surface area contributed by atoms with Crippen LogP contribution in [0, 0.1) is 0 Å². The van der Waals surface area contributed by atoms with Gasteiger partial charge in [0.15, 0.2) is 0 Å². The topological polar surface area (TPSA) is 42.6 Å². The molecule has 0 aliphatic carbocycles. The van der Waals surface area contributed by atoms with Crippen LogP contribution >= 0.6 is 0 Å². The molecule has 4 heteroatoms. The van der Waals surface area contributed by atoms with Crippen molar-refractivity contribution in [1.82, 2.24) is 0 Å². The third-order valence-corrected chi connectivity index (χ3v) is 6.55. The van der Waals surface area contributed by atoms with Gasteiger partial charge in [-0.05, 0) is 56.3 Å². The SMILES string of the molecule is CC(C)(O)C(C)(C)O[B]c1ccc(-c2cc3ccccc3c3oc4ccccc4c23)cc1. The zero-order valence-corrected chi connectivity index (χ0v) is 18.8. The highest BCUT2D eigenvalue weighted by Gasteiger charge is 2.35. The van der Waals surface area contributed by atoms with Gasteiger partial charge in [0.2, 0.25) is 0 Å². The van der Waals surface area contributed by atoms with Crippen LogP contribution in [0.1, 0.15) is 27.7 Å². The van der Waals surface area contributed by atoms with Gasteiger partial charge in [0.1, 0.15) is 11.2 Å². The summed E-state index contributed by atoms with van der Waals surface area (Å²) < 4.78 is 12.2. The summed E-state index contributed by atoms with van der Waals surface area (Å²) in [5.41, 5.74) is 3.37. The van der Waals surface area contributed by atoms with Crippen molar-refractivity contribution in [1.29, 1.82) is 0 Å². The lowest BCUT2D eigenvalue weighted by atomic mass is 9.82. The lowest BCUT2D eigenvalue weighted by molar-refractivity contribution is -0.0893. The Bertz CT molecular complexity index is 1420. The summed E-state index contributed by atoms with van der Waals surface area (Å²) in [6, 6.07) is 27.1. The molecule has 3 nitrogen and oxygen atoms in total. The summed E-state index contributed by atoms with van der Waals surface area (Å²) in [5.74, 6) is 0. The van der Waals surface area contributed by atoms with Gasteiger partial charge in [-0.3, -0.25) is 0 Å². The zero-order chi connectivity index (χ0) is 22.5. The molecule has 159 valence electrons. The van der Waals surface area contributed by atoms with E-state index in [9.17, 15) is 5.11 Å². The number of rotatable bonds is 5. The molecule has 0 saturated heterocycles. The number of hydrogen-bond acceptors (Lipinski definition) is 3. The van der Waals surface area contributed by atoms with E-state index in [1.54, 1.807) is 21.3 Å². The number of benzene rings is 4. The predicted octanol–water partition coefficient (Wildman–Crippen LogP) is 6.22. The largest absolute Gasteiger partial charge is 0.455 e. The van der Waals surface area contributed by atoms with Crippen LogP contribution in [0.4, 0.5) is 0 Å². The van der Waals surface area contributed by atoms with E-state index in [1.807, 2.05) is 38.1 Å². The first-order chi connectivity index (χ1) is 15.2. The third kappa shape index (κ3) is 3.50.